The number of amides is 1. The first-order valence-electron chi connectivity index (χ1n) is 8.71. The van der Waals surface area contributed by atoms with E-state index >= 15 is 0 Å². The van der Waals surface area contributed by atoms with Crippen LogP contribution in [0.1, 0.15) is 42.5 Å². The monoisotopic (exact) mass is 339 g/mol. The normalized spacial score (nSPS) is 16.5. The van der Waals surface area contributed by atoms with Crippen LogP contribution in [0.3, 0.4) is 0 Å². The number of anilines is 2. The molecule has 0 radical (unpaired) electrons. The van der Waals surface area contributed by atoms with E-state index in [9.17, 15) is 4.79 Å². The van der Waals surface area contributed by atoms with Gasteiger partial charge in [-0.1, -0.05) is 19.3 Å². The van der Waals surface area contributed by atoms with Gasteiger partial charge >= 0.3 is 0 Å². The van der Waals surface area contributed by atoms with Gasteiger partial charge in [-0.05, 0) is 43.2 Å². The van der Waals surface area contributed by atoms with Gasteiger partial charge in [0.15, 0.2) is 11.5 Å². The van der Waals surface area contributed by atoms with Crippen molar-refractivity contribution >= 4 is 17.4 Å². The Kier molecular flexibility index (Phi) is 4.41. The van der Waals surface area contributed by atoms with Crippen LogP contribution in [0, 0.1) is 0 Å². The maximum Gasteiger partial charge on any atom is 0.256 e. The summed E-state index contributed by atoms with van der Waals surface area (Å²) in [7, 11) is 0. The molecule has 130 valence electrons. The Morgan fingerprint density at radius 3 is 2.68 bits per heavy atom. The molecule has 1 aromatic heterocycles. The number of ether oxygens (including phenoxy) is 2. The van der Waals surface area contributed by atoms with Gasteiger partial charge in [-0.15, -0.1) is 0 Å². The Hall–Kier alpha value is -2.76. The van der Waals surface area contributed by atoms with Crippen LogP contribution in [0.4, 0.5) is 11.5 Å². The third kappa shape index (κ3) is 3.68. The molecule has 1 saturated carbocycles. The van der Waals surface area contributed by atoms with Gasteiger partial charge in [0.1, 0.15) is 5.82 Å². The van der Waals surface area contributed by atoms with E-state index in [1.165, 1.54) is 32.1 Å². The first kappa shape index (κ1) is 15.7. The minimum Gasteiger partial charge on any atom is -0.454 e. The third-order valence-corrected chi connectivity index (χ3v) is 4.62. The molecular weight excluding hydrogens is 318 g/mol. The topological polar surface area (TPSA) is 72.5 Å². The molecule has 2 heterocycles. The molecule has 0 bridgehead atoms. The summed E-state index contributed by atoms with van der Waals surface area (Å²) in [6.45, 7) is 0.192. The lowest BCUT2D eigenvalue weighted by Crippen LogP contribution is -2.22. The first-order chi connectivity index (χ1) is 12.3. The molecule has 2 aromatic rings. The predicted octanol–water partition coefficient (Wildman–Crippen LogP) is 3.81. The number of carbonyl (C=O) groups is 1. The Morgan fingerprint density at radius 1 is 1.04 bits per heavy atom. The van der Waals surface area contributed by atoms with E-state index in [4.69, 9.17) is 9.47 Å². The number of hydrogen-bond donors (Lipinski definition) is 2. The average molecular weight is 339 g/mol. The first-order valence-corrected chi connectivity index (χ1v) is 8.71. The summed E-state index contributed by atoms with van der Waals surface area (Å²) in [6, 6.07) is 9.43. The molecule has 1 aromatic carbocycles. The number of hydrogen-bond acceptors (Lipinski definition) is 5. The molecule has 0 spiro atoms. The molecule has 1 amide bonds. The molecule has 0 unspecified atom stereocenters. The van der Waals surface area contributed by atoms with Crippen LogP contribution in [0.2, 0.25) is 0 Å². The SMILES string of the molecule is O=C(Nc1ccc(NC2CCCCC2)cn1)c1ccc2c(c1)OCO2. The number of fused-ring (bicyclic) bond motifs is 1. The minimum absolute atomic E-state index is 0.192. The highest BCUT2D eigenvalue weighted by Gasteiger charge is 2.17. The number of carbonyl (C=O) groups excluding carboxylic acids is 1. The molecular formula is C19H21N3O3. The van der Waals surface area contributed by atoms with Gasteiger partial charge in [0.25, 0.3) is 5.91 Å². The van der Waals surface area contributed by atoms with Crippen molar-refractivity contribution in [1.82, 2.24) is 4.98 Å². The molecule has 1 fully saturated rings. The average Bonchev–Trinajstić information content (AvgIpc) is 3.12. The van der Waals surface area contributed by atoms with Crippen molar-refractivity contribution in [1.29, 1.82) is 0 Å². The lowest BCUT2D eigenvalue weighted by atomic mass is 9.95. The fourth-order valence-electron chi connectivity index (χ4n) is 3.26. The van der Waals surface area contributed by atoms with Gasteiger partial charge in [0.2, 0.25) is 6.79 Å². The quantitative estimate of drug-likeness (QED) is 0.886. The summed E-state index contributed by atoms with van der Waals surface area (Å²) in [5.74, 6) is 1.55. The number of nitrogens with one attached hydrogen (secondary N) is 2. The van der Waals surface area contributed by atoms with Crippen LogP contribution in [0.5, 0.6) is 11.5 Å². The van der Waals surface area contributed by atoms with Crippen LogP contribution in [0.25, 0.3) is 0 Å². The standard InChI is InChI=1S/C19H21N3O3/c23-19(13-6-8-16-17(10-13)25-12-24-16)22-18-9-7-15(11-20-18)21-14-4-2-1-3-5-14/h6-11,14,21H,1-5,12H2,(H,20,22,23). The van der Waals surface area contributed by atoms with Crippen molar-refractivity contribution in [2.45, 2.75) is 38.1 Å². The van der Waals surface area contributed by atoms with E-state index in [1.54, 1.807) is 24.4 Å². The van der Waals surface area contributed by atoms with Crippen LogP contribution in [-0.4, -0.2) is 23.7 Å². The van der Waals surface area contributed by atoms with Crippen molar-refractivity contribution in [2.24, 2.45) is 0 Å². The van der Waals surface area contributed by atoms with Crippen molar-refractivity contribution in [2.75, 3.05) is 17.4 Å². The molecule has 0 atom stereocenters. The van der Waals surface area contributed by atoms with Crippen molar-refractivity contribution < 1.29 is 14.3 Å². The zero-order valence-electron chi connectivity index (χ0n) is 14.0. The van der Waals surface area contributed by atoms with Gasteiger partial charge in [-0.3, -0.25) is 4.79 Å². The number of nitrogens with zero attached hydrogens (tertiary/aromatic N) is 1. The van der Waals surface area contributed by atoms with Crippen LogP contribution < -0.4 is 20.1 Å². The molecule has 4 rings (SSSR count). The number of rotatable bonds is 4. The molecule has 6 nitrogen and oxygen atoms in total. The lowest BCUT2D eigenvalue weighted by Gasteiger charge is -2.23. The molecule has 0 saturated heterocycles. The zero-order chi connectivity index (χ0) is 17.1. The fourth-order valence-corrected chi connectivity index (χ4v) is 3.26. The molecule has 1 aliphatic carbocycles. The van der Waals surface area contributed by atoms with Crippen LogP contribution >= 0.6 is 0 Å². The predicted molar refractivity (Wildman–Crippen MR) is 95.3 cm³/mol. The lowest BCUT2D eigenvalue weighted by molar-refractivity contribution is 0.102. The highest BCUT2D eigenvalue weighted by atomic mass is 16.7. The number of pyridine rings is 1. The Labute approximate surface area is 146 Å². The zero-order valence-corrected chi connectivity index (χ0v) is 14.0. The molecule has 1 aliphatic heterocycles. The summed E-state index contributed by atoms with van der Waals surface area (Å²) in [4.78, 5) is 16.7. The molecule has 6 heteroatoms. The highest BCUT2D eigenvalue weighted by molar-refractivity contribution is 6.04. The second-order valence-corrected chi connectivity index (χ2v) is 6.43. The van der Waals surface area contributed by atoms with Crippen molar-refractivity contribution in [3.63, 3.8) is 0 Å². The van der Waals surface area contributed by atoms with Gasteiger partial charge in [0.05, 0.1) is 11.9 Å². The smallest absolute Gasteiger partial charge is 0.256 e. The van der Waals surface area contributed by atoms with E-state index in [2.05, 4.69) is 15.6 Å². The number of benzene rings is 1. The maximum atomic E-state index is 12.4. The summed E-state index contributed by atoms with van der Waals surface area (Å²) in [5, 5.41) is 6.32. The Morgan fingerprint density at radius 2 is 1.88 bits per heavy atom. The van der Waals surface area contributed by atoms with Gasteiger partial charge in [0, 0.05) is 11.6 Å². The largest absolute Gasteiger partial charge is 0.454 e. The van der Waals surface area contributed by atoms with E-state index in [0.717, 1.165) is 5.69 Å². The second-order valence-electron chi connectivity index (χ2n) is 6.43. The Balaban J connectivity index is 1.38. The third-order valence-electron chi connectivity index (χ3n) is 4.62. The van der Waals surface area contributed by atoms with Gasteiger partial charge in [-0.25, -0.2) is 4.98 Å². The van der Waals surface area contributed by atoms with E-state index < -0.39 is 0 Å². The second kappa shape index (κ2) is 7.01. The van der Waals surface area contributed by atoms with Crippen molar-refractivity contribution in [3.05, 3.63) is 42.1 Å². The molecule has 25 heavy (non-hydrogen) atoms. The molecule has 2 aliphatic rings. The minimum atomic E-state index is -0.223. The summed E-state index contributed by atoms with van der Waals surface area (Å²) in [6.07, 6.45) is 8.10. The fraction of sp³-hybridized carbons (Fsp3) is 0.368. The van der Waals surface area contributed by atoms with Gasteiger partial charge in [-0.2, -0.15) is 0 Å². The van der Waals surface area contributed by atoms with E-state index in [-0.39, 0.29) is 12.7 Å². The summed E-state index contributed by atoms with van der Waals surface area (Å²) >= 11 is 0. The molecule has 2 N–H and O–H groups in total. The summed E-state index contributed by atoms with van der Waals surface area (Å²) < 4.78 is 10.6. The van der Waals surface area contributed by atoms with E-state index in [1.807, 2.05) is 12.1 Å². The highest BCUT2D eigenvalue weighted by Crippen LogP contribution is 2.32. The van der Waals surface area contributed by atoms with E-state index in [0.29, 0.717) is 28.9 Å². The van der Waals surface area contributed by atoms with Crippen molar-refractivity contribution in [3.8, 4) is 11.5 Å². The maximum absolute atomic E-state index is 12.4. The summed E-state index contributed by atoms with van der Waals surface area (Å²) in [5.41, 5.74) is 1.50. The number of aromatic nitrogens is 1. The van der Waals surface area contributed by atoms with Crippen LogP contribution in [-0.2, 0) is 0 Å². The van der Waals surface area contributed by atoms with Crippen LogP contribution in [0.15, 0.2) is 36.5 Å². The Bertz CT molecular complexity index is 755. The van der Waals surface area contributed by atoms with Gasteiger partial charge < -0.3 is 20.1 Å².